The van der Waals surface area contributed by atoms with Crippen molar-refractivity contribution in [2.45, 2.75) is 76.9 Å². The van der Waals surface area contributed by atoms with Gasteiger partial charge in [0.15, 0.2) is 0 Å². The van der Waals surface area contributed by atoms with E-state index in [1.54, 1.807) is 17.1 Å². The van der Waals surface area contributed by atoms with Crippen molar-refractivity contribution in [3.8, 4) is 0 Å². The lowest BCUT2D eigenvalue weighted by atomic mass is 9.95. The standard InChI is InChI=1S/C21H29N5O3/c27-19(23-10-5-12-24-13-11-22-15-24)14-25-18-9-4-8-17(18)20(28)26(21(25)29)16-6-2-1-3-7-16/h11,13,15-16H,1-10,12,14H2,(H,23,27). The summed E-state index contributed by atoms with van der Waals surface area (Å²) in [5.74, 6) is -0.180. The number of nitrogens with one attached hydrogen (secondary N) is 1. The number of carbonyl (C=O) groups is 1. The fourth-order valence-corrected chi connectivity index (χ4v) is 4.67. The molecule has 0 atom stereocenters. The normalized spacial score (nSPS) is 16.7. The van der Waals surface area contributed by atoms with Crippen LogP contribution in [0, 0.1) is 0 Å². The smallest absolute Gasteiger partial charge is 0.331 e. The van der Waals surface area contributed by atoms with Crippen LogP contribution in [-0.2, 0) is 30.7 Å². The van der Waals surface area contributed by atoms with E-state index in [4.69, 9.17) is 0 Å². The van der Waals surface area contributed by atoms with Crippen LogP contribution in [0.15, 0.2) is 28.3 Å². The van der Waals surface area contributed by atoms with E-state index in [2.05, 4.69) is 10.3 Å². The van der Waals surface area contributed by atoms with Crippen molar-refractivity contribution in [3.05, 3.63) is 50.8 Å². The number of amides is 1. The molecule has 1 N–H and O–H groups in total. The molecule has 0 spiro atoms. The van der Waals surface area contributed by atoms with Crippen molar-refractivity contribution in [1.82, 2.24) is 24.0 Å². The number of nitrogens with zero attached hydrogens (tertiary/aromatic N) is 4. The summed E-state index contributed by atoms with van der Waals surface area (Å²) in [6, 6.07) is -0.0286. The number of hydrogen-bond acceptors (Lipinski definition) is 4. The van der Waals surface area contributed by atoms with Gasteiger partial charge in [0.25, 0.3) is 5.56 Å². The maximum absolute atomic E-state index is 13.2. The quantitative estimate of drug-likeness (QED) is 0.713. The monoisotopic (exact) mass is 399 g/mol. The lowest BCUT2D eigenvalue weighted by Crippen LogP contribution is -2.46. The Morgan fingerprint density at radius 3 is 2.72 bits per heavy atom. The van der Waals surface area contributed by atoms with E-state index >= 15 is 0 Å². The summed E-state index contributed by atoms with van der Waals surface area (Å²) in [7, 11) is 0. The van der Waals surface area contributed by atoms with Crippen molar-refractivity contribution in [2.75, 3.05) is 6.54 Å². The topological polar surface area (TPSA) is 90.9 Å². The minimum atomic E-state index is -0.309. The summed E-state index contributed by atoms with van der Waals surface area (Å²) < 4.78 is 4.97. The second-order valence-corrected chi connectivity index (χ2v) is 8.12. The van der Waals surface area contributed by atoms with E-state index in [1.165, 1.54) is 4.57 Å². The fraction of sp³-hybridized carbons (Fsp3) is 0.619. The third-order valence-corrected chi connectivity index (χ3v) is 6.14. The van der Waals surface area contributed by atoms with Crippen molar-refractivity contribution >= 4 is 5.91 Å². The summed E-state index contributed by atoms with van der Waals surface area (Å²) in [4.78, 5) is 42.7. The molecule has 8 nitrogen and oxygen atoms in total. The van der Waals surface area contributed by atoms with Gasteiger partial charge in [-0.3, -0.25) is 18.7 Å². The molecule has 0 unspecified atom stereocenters. The average Bonchev–Trinajstić information content (AvgIpc) is 3.41. The van der Waals surface area contributed by atoms with E-state index < -0.39 is 0 Å². The number of aromatic nitrogens is 4. The largest absolute Gasteiger partial charge is 0.354 e. The van der Waals surface area contributed by atoms with Crippen molar-refractivity contribution in [2.24, 2.45) is 0 Å². The molecule has 2 aromatic rings. The maximum atomic E-state index is 13.2. The molecule has 4 rings (SSSR count). The SMILES string of the molecule is O=C(Cn1c2c(c(=O)n(C3CCCCC3)c1=O)CCC2)NCCCn1ccnc1. The Hall–Kier alpha value is -2.64. The highest BCUT2D eigenvalue weighted by atomic mass is 16.2. The Morgan fingerprint density at radius 2 is 1.97 bits per heavy atom. The molecule has 8 heteroatoms. The van der Waals surface area contributed by atoms with Gasteiger partial charge in [-0.25, -0.2) is 9.78 Å². The van der Waals surface area contributed by atoms with Gasteiger partial charge in [-0.1, -0.05) is 19.3 Å². The molecule has 1 amide bonds. The molecule has 156 valence electrons. The van der Waals surface area contributed by atoms with Gasteiger partial charge in [-0.05, 0) is 38.5 Å². The number of hydrogen-bond donors (Lipinski definition) is 1. The minimum Gasteiger partial charge on any atom is -0.354 e. The second kappa shape index (κ2) is 8.80. The van der Waals surface area contributed by atoms with Gasteiger partial charge < -0.3 is 9.88 Å². The summed E-state index contributed by atoms with van der Waals surface area (Å²) >= 11 is 0. The zero-order valence-electron chi connectivity index (χ0n) is 16.8. The number of rotatable bonds is 7. The van der Waals surface area contributed by atoms with Gasteiger partial charge in [0.1, 0.15) is 6.54 Å². The zero-order chi connectivity index (χ0) is 20.2. The highest BCUT2D eigenvalue weighted by molar-refractivity contribution is 5.75. The zero-order valence-corrected chi connectivity index (χ0v) is 16.8. The summed E-state index contributed by atoms with van der Waals surface area (Å²) in [5.41, 5.74) is 1.08. The lowest BCUT2D eigenvalue weighted by molar-refractivity contribution is -0.121. The van der Waals surface area contributed by atoms with Crippen LogP contribution in [0.25, 0.3) is 0 Å². The third kappa shape index (κ3) is 4.21. The number of fused-ring (bicyclic) bond motifs is 1. The highest BCUT2D eigenvalue weighted by Gasteiger charge is 2.27. The number of carbonyl (C=O) groups excluding carboxylic acids is 1. The van der Waals surface area contributed by atoms with Crippen LogP contribution in [0.3, 0.4) is 0 Å². The molecule has 1 saturated carbocycles. The maximum Gasteiger partial charge on any atom is 0.331 e. The van der Waals surface area contributed by atoms with Crippen molar-refractivity contribution < 1.29 is 4.79 Å². The predicted molar refractivity (Wildman–Crippen MR) is 109 cm³/mol. The Bertz CT molecular complexity index is 967. The Morgan fingerprint density at radius 1 is 1.14 bits per heavy atom. The molecule has 0 saturated heterocycles. The van der Waals surface area contributed by atoms with Crippen LogP contribution < -0.4 is 16.6 Å². The van der Waals surface area contributed by atoms with Crippen LogP contribution in [0.4, 0.5) is 0 Å². The van der Waals surface area contributed by atoms with Gasteiger partial charge in [-0.2, -0.15) is 0 Å². The van der Waals surface area contributed by atoms with Crippen LogP contribution in [0.1, 0.15) is 62.2 Å². The lowest BCUT2D eigenvalue weighted by Gasteiger charge is -2.25. The molecular formula is C21H29N5O3. The first-order valence-electron chi connectivity index (χ1n) is 10.7. The second-order valence-electron chi connectivity index (χ2n) is 8.12. The van der Waals surface area contributed by atoms with Gasteiger partial charge in [0.05, 0.1) is 6.33 Å². The molecule has 1 fully saturated rings. The average molecular weight is 399 g/mol. The molecule has 2 aromatic heterocycles. The Kier molecular flexibility index (Phi) is 5.97. The molecule has 29 heavy (non-hydrogen) atoms. The number of aryl methyl sites for hydroxylation is 1. The van der Waals surface area contributed by atoms with Gasteiger partial charge in [0.2, 0.25) is 5.91 Å². The van der Waals surface area contributed by atoms with Crippen LogP contribution in [-0.4, -0.2) is 31.1 Å². The predicted octanol–water partition coefficient (Wildman–Crippen LogP) is 1.41. The highest BCUT2D eigenvalue weighted by Crippen LogP contribution is 2.27. The molecule has 0 aromatic carbocycles. The number of imidazole rings is 1. The van der Waals surface area contributed by atoms with Crippen LogP contribution in [0.2, 0.25) is 0 Å². The van der Waals surface area contributed by atoms with Crippen LogP contribution in [0.5, 0.6) is 0 Å². The third-order valence-electron chi connectivity index (χ3n) is 6.14. The molecule has 2 heterocycles. The van der Waals surface area contributed by atoms with Gasteiger partial charge >= 0.3 is 5.69 Å². The Balaban J connectivity index is 1.49. The van der Waals surface area contributed by atoms with Crippen molar-refractivity contribution in [1.29, 1.82) is 0 Å². The van der Waals surface area contributed by atoms with E-state index in [1.807, 2.05) is 10.8 Å². The molecule has 2 aliphatic carbocycles. The Labute approximate surface area is 169 Å². The van der Waals surface area contributed by atoms with Crippen molar-refractivity contribution in [3.63, 3.8) is 0 Å². The van der Waals surface area contributed by atoms with Crippen LogP contribution >= 0.6 is 0 Å². The molecule has 2 aliphatic rings. The van der Waals surface area contributed by atoms with Gasteiger partial charge in [0, 0.05) is 42.8 Å². The minimum absolute atomic E-state index is 0.0146. The summed E-state index contributed by atoms with van der Waals surface area (Å²) in [6.07, 6.45) is 13.4. The molecule has 0 radical (unpaired) electrons. The summed E-state index contributed by atoms with van der Waals surface area (Å²) in [6.45, 7) is 1.30. The fourth-order valence-electron chi connectivity index (χ4n) is 4.67. The van der Waals surface area contributed by atoms with E-state index in [9.17, 15) is 14.4 Å². The molecule has 0 aliphatic heterocycles. The molecule has 0 bridgehead atoms. The first kappa shape index (κ1) is 19.7. The molecular weight excluding hydrogens is 370 g/mol. The van der Waals surface area contributed by atoms with Gasteiger partial charge in [-0.15, -0.1) is 0 Å². The van der Waals surface area contributed by atoms with E-state index in [-0.39, 0.29) is 29.7 Å². The first-order valence-corrected chi connectivity index (χ1v) is 10.7. The van der Waals surface area contributed by atoms with E-state index in [0.29, 0.717) is 19.4 Å². The van der Waals surface area contributed by atoms with E-state index in [0.717, 1.165) is 62.7 Å². The first-order chi connectivity index (χ1) is 14.1. The summed E-state index contributed by atoms with van der Waals surface area (Å²) in [5, 5.41) is 2.91.